The molecule has 0 aliphatic rings. The highest BCUT2D eigenvalue weighted by atomic mass is 32.2. The molecule has 148 valence electrons. The van der Waals surface area contributed by atoms with Crippen molar-refractivity contribution < 1.29 is 26.4 Å². The smallest absolute Gasteiger partial charge is 0.348 e. The molecule has 0 fully saturated rings. The molecule has 5 nitrogen and oxygen atoms in total. The van der Waals surface area contributed by atoms with Crippen molar-refractivity contribution in [2.75, 3.05) is 13.1 Å². The average molecular weight is 394 g/mol. The molecule has 0 aliphatic carbocycles. The molecule has 0 aliphatic heterocycles. The van der Waals surface area contributed by atoms with E-state index in [1.807, 2.05) is 12.2 Å². The third-order valence-corrected chi connectivity index (χ3v) is 5.25. The molecule has 0 atom stereocenters. The molecule has 0 saturated heterocycles. The zero-order valence-corrected chi connectivity index (χ0v) is 15.5. The first-order chi connectivity index (χ1) is 12.1. The van der Waals surface area contributed by atoms with Gasteiger partial charge in [-0.05, 0) is 31.9 Å². The number of hydrogen-bond donors (Lipinski definition) is 2. The number of carbonyl (C=O) groups is 1. The number of unbranched alkanes of at least 4 members (excludes halogenated alkanes) is 5. The van der Waals surface area contributed by atoms with Gasteiger partial charge >= 0.3 is 12.1 Å². The summed E-state index contributed by atoms with van der Waals surface area (Å²) >= 11 is 0. The molecule has 0 aromatic heterocycles. The van der Waals surface area contributed by atoms with Crippen LogP contribution in [0.25, 0.3) is 0 Å². The normalized spacial score (nSPS) is 12.2. The number of aryl methyl sites for hydroxylation is 1. The van der Waals surface area contributed by atoms with Crippen LogP contribution >= 0.6 is 0 Å². The number of alkyl halides is 3. The van der Waals surface area contributed by atoms with E-state index in [9.17, 15) is 26.4 Å². The Hall–Kier alpha value is -1.61. The molecule has 0 spiro atoms. The van der Waals surface area contributed by atoms with Crippen LogP contribution in [0.1, 0.15) is 44.1 Å². The van der Waals surface area contributed by atoms with Crippen LogP contribution in [0.3, 0.4) is 0 Å². The van der Waals surface area contributed by atoms with Gasteiger partial charge in [-0.25, -0.2) is 13.1 Å². The maximum Gasteiger partial charge on any atom is 0.471 e. The van der Waals surface area contributed by atoms with Crippen molar-refractivity contribution in [2.24, 2.45) is 0 Å². The van der Waals surface area contributed by atoms with Crippen molar-refractivity contribution in [3.05, 3.63) is 29.8 Å². The monoisotopic (exact) mass is 394 g/mol. The Kier molecular flexibility index (Phi) is 9.07. The van der Waals surface area contributed by atoms with Gasteiger partial charge in [0.25, 0.3) is 0 Å². The van der Waals surface area contributed by atoms with Crippen LogP contribution in [0.2, 0.25) is 0 Å². The van der Waals surface area contributed by atoms with Gasteiger partial charge in [0.15, 0.2) is 0 Å². The SMILES string of the molecule is Cc1ccc(S(=O)(=O)NCCCCCCCCNC(=O)C(F)(F)F)cc1. The number of hydrogen-bond acceptors (Lipinski definition) is 3. The fourth-order valence-corrected chi connectivity index (χ4v) is 3.34. The summed E-state index contributed by atoms with van der Waals surface area (Å²) in [5.74, 6) is -1.90. The van der Waals surface area contributed by atoms with E-state index in [1.54, 1.807) is 24.3 Å². The second-order valence-corrected chi connectivity index (χ2v) is 7.85. The summed E-state index contributed by atoms with van der Waals surface area (Å²) in [7, 11) is -3.48. The van der Waals surface area contributed by atoms with Gasteiger partial charge in [-0.1, -0.05) is 43.4 Å². The third kappa shape index (κ3) is 8.66. The molecule has 1 amide bonds. The zero-order valence-electron chi connectivity index (χ0n) is 14.7. The summed E-state index contributed by atoms with van der Waals surface area (Å²) in [6.45, 7) is 2.24. The zero-order chi connectivity index (χ0) is 19.6. The maximum absolute atomic E-state index is 12.1. The number of nitrogens with one attached hydrogen (secondary N) is 2. The van der Waals surface area contributed by atoms with Gasteiger partial charge in [-0.2, -0.15) is 13.2 Å². The lowest BCUT2D eigenvalue weighted by Crippen LogP contribution is -2.37. The first-order valence-corrected chi connectivity index (χ1v) is 10.0. The molecule has 2 N–H and O–H groups in total. The Morgan fingerprint density at radius 3 is 1.96 bits per heavy atom. The summed E-state index contributed by atoms with van der Waals surface area (Å²) in [5.41, 5.74) is 0.988. The predicted molar refractivity (Wildman–Crippen MR) is 93.1 cm³/mol. The van der Waals surface area contributed by atoms with Gasteiger partial charge in [0, 0.05) is 13.1 Å². The van der Waals surface area contributed by atoms with E-state index < -0.39 is 22.1 Å². The number of rotatable bonds is 11. The molecule has 0 saturated carbocycles. The van der Waals surface area contributed by atoms with Gasteiger partial charge < -0.3 is 5.32 Å². The van der Waals surface area contributed by atoms with Gasteiger partial charge in [-0.3, -0.25) is 4.79 Å². The standard InChI is InChI=1S/C17H25F3N2O3S/c1-14-8-10-15(11-9-14)26(24,25)22-13-7-5-3-2-4-6-12-21-16(23)17(18,19)20/h8-11,22H,2-7,12-13H2,1H3,(H,21,23). The van der Waals surface area contributed by atoms with Crippen LogP contribution in [0.15, 0.2) is 29.2 Å². The van der Waals surface area contributed by atoms with Crippen LogP contribution < -0.4 is 10.0 Å². The highest BCUT2D eigenvalue weighted by Crippen LogP contribution is 2.14. The van der Waals surface area contributed by atoms with Crippen molar-refractivity contribution in [3.63, 3.8) is 0 Å². The van der Waals surface area contributed by atoms with E-state index in [-0.39, 0.29) is 11.4 Å². The molecule has 26 heavy (non-hydrogen) atoms. The Balaban J connectivity index is 2.06. The fraction of sp³-hybridized carbons (Fsp3) is 0.588. The van der Waals surface area contributed by atoms with Crippen LogP contribution in [0.4, 0.5) is 13.2 Å². The lowest BCUT2D eigenvalue weighted by molar-refractivity contribution is -0.173. The molecule has 9 heteroatoms. The summed E-state index contributed by atoms with van der Waals surface area (Å²) < 4.78 is 62.5. The second kappa shape index (κ2) is 10.5. The number of amides is 1. The van der Waals surface area contributed by atoms with Crippen molar-refractivity contribution in [2.45, 2.75) is 56.5 Å². The summed E-state index contributed by atoms with van der Waals surface area (Å²) in [6, 6.07) is 6.61. The van der Waals surface area contributed by atoms with E-state index in [4.69, 9.17) is 0 Å². The maximum atomic E-state index is 12.1. The van der Waals surface area contributed by atoms with Gasteiger partial charge in [0.1, 0.15) is 0 Å². The minimum absolute atomic E-state index is 0.00862. The predicted octanol–water partition coefficient (Wildman–Crippen LogP) is 3.29. The van der Waals surface area contributed by atoms with Gasteiger partial charge in [-0.15, -0.1) is 0 Å². The minimum atomic E-state index is -4.83. The Labute approximate surface area is 152 Å². The summed E-state index contributed by atoms with van der Waals surface area (Å²) in [6.07, 6.45) is -0.422. The fourth-order valence-electron chi connectivity index (χ4n) is 2.27. The molecule has 0 radical (unpaired) electrons. The van der Waals surface area contributed by atoms with E-state index >= 15 is 0 Å². The molecule has 1 rings (SSSR count). The van der Waals surface area contributed by atoms with Crippen molar-refractivity contribution in [1.82, 2.24) is 10.0 Å². The summed E-state index contributed by atoms with van der Waals surface area (Å²) in [4.78, 5) is 10.8. The lowest BCUT2D eigenvalue weighted by atomic mass is 10.1. The molecular weight excluding hydrogens is 369 g/mol. The third-order valence-electron chi connectivity index (χ3n) is 3.77. The van der Waals surface area contributed by atoms with E-state index in [0.29, 0.717) is 25.8 Å². The average Bonchev–Trinajstić information content (AvgIpc) is 2.55. The Morgan fingerprint density at radius 1 is 0.923 bits per heavy atom. The van der Waals surface area contributed by atoms with Gasteiger partial charge in [0.05, 0.1) is 4.90 Å². The molecule has 1 aromatic carbocycles. The molecular formula is C17H25F3N2O3S. The Morgan fingerprint density at radius 2 is 1.42 bits per heavy atom. The lowest BCUT2D eigenvalue weighted by Gasteiger charge is -2.08. The highest BCUT2D eigenvalue weighted by Gasteiger charge is 2.38. The quantitative estimate of drug-likeness (QED) is 0.566. The van der Waals surface area contributed by atoms with Crippen molar-refractivity contribution in [1.29, 1.82) is 0 Å². The number of halogens is 3. The number of sulfonamides is 1. The van der Waals surface area contributed by atoms with Crippen LogP contribution in [0.5, 0.6) is 0 Å². The number of benzene rings is 1. The molecule has 0 heterocycles. The van der Waals surface area contributed by atoms with Crippen LogP contribution in [-0.4, -0.2) is 33.6 Å². The molecule has 0 bridgehead atoms. The second-order valence-electron chi connectivity index (χ2n) is 6.09. The summed E-state index contributed by atoms with van der Waals surface area (Å²) in [5, 5.41) is 1.83. The first-order valence-electron chi connectivity index (χ1n) is 8.54. The largest absolute Gasteiger partial charge is 0.471 e. The van der Waals surface area contributed by atoms with Crippen LogP contribution in [0, 0.1) is 6.92 Å². The van der Waals surface area contributed by atoms with Gasteiger partial charge in [0.2, 0.25) is 10.0 Å². The van der Waals surface area contributed by atoms with Crippen LogP contribution in [-0.2, 0) is 14.8 Å². The minimum Gasteiger partial charge on any atom is -0.348 e. The highest BCUT2D eigenvalue weighted by molar-refractivity contribution is 7.89. The van der Waals surface area contributed by atoms with E-state index in [1.165, 1.54) is 0 Å². The Bertz CT molecular complexity index is 659. The topological polar surface area (TPSA) is 75.3 Å². The van der Waals surface area contributed by atoms with Crippen molar-refractivity contribution in [3.8, 4) is 0 Å². The first kappa shape index (κ1) is 22.4. The number of carbonyl (C=O) groups excluding carboxylic acids is 1. The van der Waals surface area contributed by atoms with Crippen molar-refractivity contribution >= 4 is 15.9 Å². The van der Waals surface area contributed by atoms with E-state index in [0.717, 1.165) is 24.8 Å². The molecule has 0 unspecified atom stereocenters. The van der Waals surface area contributed by atoms with E-state index in [2.05, 4.69) is 4.72 Å². The molecule has 1 aromatic rings.